The number of carboxylic acid groups (broad SMARTS) is 1. The first-order chi connectivity index (χ1) is 11.9. The molecule has 0 radical (unpaired) electrons. The van der Waals surface area contributed by atoms with Crippen LogP contribution in [0, 0.1) is 5.92 Å². The lowest BCUT2D eigenvalue weighted by molar-refractivity contribution is -0.137. The molecule has 1 fully saturated rings. The molecule has 0 spiro atoms. The Labute approximate surface area is 145 Å². The van der Waals surface area contributed by atoms with Crippen LogP contribution in [-0.2, 0) is 16.0 Å². The Hall–Kier alpha value is -2.18. The minimum absolute atomic E-state index is 0.0490. The summed E-state index contributed by atoms with van der Waals surface area (Å²) in [5, 5.41) is 8.77. The molecule has 1 N–H and O–H groups in total. The van der Waals surface area contributed by atoms with E-state index in [2.05, 4.69) is 4.74 Å². The van der Waals surface area contributed by atoms with Crippen LogP contribution in [0.25, 0.3) is 0 Å². The van der Waals surface area contributed by atoms with Gasteiger partial charge in [-0.2, -0.15) is 8.78 Å². The molecule has 7 heteroatoms. The molecule has 1 heterocycles. The van der Waals surface area contributed by atoms with Crippen molar-refractivity contribution < 1.29 is 28.2 Å². The summed E-state index contributed by atoms with van der Waals surface area (Å²) < 4.78 is 28.5. The highest BCUT2D eigenvalue weighted by Crippen LogP contribution is 2.22. The summed E-state index contributed by atoms with van der Waals surface area (Å²) in [6.07, 6.45) is 3.48. The van der Waals surface area contributed by atoms with E-state index in [1.165, 1.54) is 12.1 Å². The van der Waals surface area contributed by atoms with Crippen molar-refractivity contribution >= 4 is 11.9 Å². The van der Waals surface area contributed by atoms with E-state index in [0.29, 0.717) is 32.4 Å². The zero-order valence-electron chi connectivity index (χ0n) is 14.0. The fourth-order valence-corrected chi connectivity index (χ4v) is 3.10. The highest BCUT2D eigenvalue weighted by atomic mass is 19.3. The van der Waals surface area contributed by atoms with Crippen LogP contribution in [0.2, 0.25) is 0 Å². The molecule has 0 saturated carbocycles. The molecule has 1 saturated heterocycles. The number of carbonyl (C=O) groups is 2. The number of alkyl halides is 2. The third-order valence-electron chi connectivity index (χ3n) is 4.41. The second-order valence-corrected chi connectivity index (χ2v) is 6.30. The molecule has 5 nitrogen and oxygen atoms in total. The highest BCUT2D eigenvalue weighted by Gasteiger charge is 2.23. The summed E-state index contributed by atoms with van der Waals surface area (Å²) in [5.74, 6) is -0.405. The second-order valence-electron chi connectivity index (χ2n) is 6.30. The zero-order chi connectivity index (χ0) is 18.2. The minimum atomic E-state index is -2.85. The highest BCUT2D eigenvalue weighted by molar-refractivity contribution is 5.76. The van der Waals surface area contributed by atoms with Gasteiger partial charge in [-0.1, -0.05) is 12.1 Å². The molecule has 2 rings (SSSR count). The van der Waals surface area contributed by atoms with Crippen molar-refractivity contribution in [2.45, 2.75) is 45.1 Å². The maximum atomic E-state index is 12.4. The number of carboxylic acids is 1. The number of halogens is 2. The standard InChI is InChI=1S/C18H23F2NO4/c19-18(20)25-15-7-3-13(4-8-15)5-9-16(22)21-11-1-2-14(12-21)6-10-17(23)24/h3-4,7-8,14,18H,1-2,5-6,9-12H2,(H,23,24). The van der Waals surface area contributed by atoms with E-state index in [-0.39, 0.29) is 24.0 Å². The van der Waals surface area contributed by atoms with Crippen molar-refractivity contribution in [1.29, 1.82) is 0 Å². The predicted molar refractivity (Wildman–Crippen MR) is 87.6 cm³/mol. The molecule has 1 aromatic carbocycles. The third kappa shape index (κ3) is 6.68. The zero-order valence-corrected chi connectivity index (χ0v) is 14.0. The number of piperidine rings is 1. The number of aryl methyl sites for hydroxylation is 1. The maximum absolute atomic E-state index is 12.4. The number of likely N-dealkylation sites (tertiary alicyclic amines) is 1. The monoisotopic (exact) mass is 355 g/mol. The van der Waals surface area contributed by atoms with Crippen LogP contribution in [0.1, 0.15) is 37.7 Å². The largest absolute Gasteiger partial charge is 0.481 e. The van der Waals surface area contributed by atoms with Gasteiger partial charge in [0, 0.05) is 25.9 Å². The number of ether oxygens (including phenoxy) is 1. The predicted octanol–water partition coefficient (Wildman–Crippen LogP) is 3.32. The van der Waals surface area contributed by atoms with Gasteiger partial charge in [0.05, 0.1) is 0 Å². The number of carbonyl (C=O) groups excluding carboxylic acids is 1. The van der Waals surface area contributed by atoms with Crippen molar-refractivity contribution in [2.24, 2.45) is 5.92 Å². The van der Waals surface area contributed by atoms with E-state index >= 15 is 0 Å². The summed E-state index contributed by atoms with van der Waals surface area (Å²) >= 11 is 0. The van der Waals surface area contributed by atoms with Gasteiger partial charge in [-0.25, -0.2) is 0 Å². The van der Waals surface area contributed by atoms with Gasteiger partial charge in [-0.3, -0.25) is 9.59 Å². The average Bonchev–Trinajstić information content (AvgIpc) is 2.59. The van der Waals surface area contributed by atoms with Crippen molar-refractivity contribution in [3.63, 3.8) is 0 Å². The van der Waals surface area contributed by atoms with E-state index in [1.54, 1.807) is 12.1 Å². The second kappa shape index (κ2) is 9.34. The minimum Gasteiger partial charge on any atom is -0.481 e. The Morgan fingerprint density at radius 2 is 1.96 bits per heavy atom. The van der Waals surface area contributed by atoms with Gasteiger partial charge < -0.3 is 14.7 Å². The molecular formula is C18H23F2NO4. The Balaban J connectivity index is 1.78. The van der Waals surface area contributed by atoms with Crippen molar-refractivity contribution in [3.8, 4) is 5.75 Å². The number of aliphatic carboxylic acids is 1. The molecule has 1 aliphatic rings. The average molecular weight is 355 g/mol. The van der Waals surface area contributed by atoms with Gasteiger partial charge in [-0.15, -0.1) is 0 Å². The van der Waals surface area contributed by atoms with Crippen LogP contribution in [0.15, 0.2) is 24.3 Å². The van der Waals surface area contributed by atoms with Gasteiger partial charge in [0.15, 0.2) is 0 Å². The molecule has 0 aliphatic carbocycles. The Morgan fingerprint density at radius 1 is 1.24 bits per heavy atom. The van der Waals surface area contributed by atoms with Gasteiger partial charge >= 0.3 is 12.6 Å². The van der Waals surface area contributed by atoms with E-state index < -0.39 is 12.6 Å². The number of amides is 1. The van der Waals surface area contributed by atoms with Gasteiger partial charge in [0.2, 0.25) is 5.91 Å². The summed E-state index contributed by atoms with van der Waals surface area (Å²) in [4.78, 5) is 24.8. The van der Waals surface area contributed by atoms with Gasteiger partial charge in [0.1, 0.15) is 5.75 Å². The van der Waals surface area contributed by atoms with Crippen LogP contribution in [0.4, 0.5) is 8.78 Å². The molecule has 1 aromatic rings. The Morgan fingerprint density at radius 3 is 2.60 bits per heavy atom. The van der Waals surface area contributed by atoms with Crippen molar-refractivity contribution in [2.75, 3.05) is 13.1 Å². The Bertz CT molecular complexity index is 577. The van der Waals surface area contributed by atoms with E-state index in [4.69, 9.17) is 5.11 Å². The van der Waals surface area contributed by atoms with E-state index in [9.17, 15) is 18.4 Å². The normalized spacial score (nSPS) is 17.6. The molecule has 1 amide bonds. The maximum Gasteiger partial charge on any atom is 0.387 e. The first-order valence-corrected chi connectivity index (χ1v) is 8.47. The lowest BCUT2D eigenvalue weighted by Crippen LogP contribution is -2.40. The number of benzene rings is 1. The van der Waals surface area contributed by atoms with Crippen molar-refractivity contribution in [1.82, 2.24) is 4.90 Å². The lowest BCUT2D eigenvalue weighted by atomic mass is 9.93. The quantitative estimate of drug-likeness (QED) is 0.777. The number of nitrogens with zero attached hydrogens (tertiary/aromatic N) is 1. The smallest absolute Gasteiger partial charge is 0.387 e. The molecule has 1 atom stereocenters. The first-order valence-electron chi connectivity index (χ1n) is 8.47. The van der Waals surface area contributed by atoms with Crippen LogP contribution in [-0.4, -0.2) is 41.6 Å². The van der Waals surface area contributed by atoms with Crippen molar-refractivity contribution in [3.05, 3.63) is 29.8 Å². The number of rotatable bonds is 8. The van der Waals surface area contributed by atoms with Crippen LogP contribution in [0.5, 0.6) is 5.75 Å². The molecular weight excluding hydrogens is 332 g/mol. The van der Waals surface area contributed by atoms with Gasteiger partial charge in [0.25, 0.3) is 0 Å². The Kier molecular flexibility index (Phi) is 7.16. The molecule has 1 aliphatic heterocycles. The molecule has 25 heavy (non-hydrogen) atoms. The van der Waals surface area contributed by atoms with E-state index in [0.717, 1.165) is 18.4 Å². The summed E-state index contributed by atoms with van der Waals surface area (Å²) in [5.41, 5.74) is 0.884. The SMILES string of the molecule is O=C(O)CCC1CCCN(C(=O)CCc2ccc(OC(F)F)cc2)C1. The lowest BCUT2D eigenvalue weighted by Gasteiger charge is -2.32. The molecule has 0 aromatic heterocycles. The molecule has 0 bridgehead atoms. The third-order valence-corrected chi connectivity index (χ3v) is 4.41. The van der Waals surface area contributed by atoms with E-state index in [1.807, 2.05) is 4.90 Å². The summed E-state index contributed by atoms with van der Waals surface area (Å²) in [6.45, 7) is -1.52. The fraction of sp³-hybridized carbons (Fsp3) is 0.556. The number of hydrogen-bond acceptors (Lipinski definition) is 3. The van der Waals surface area contributed by atoms with Crippen LogP contribution < -0.4 is 4.74 Å². The first kappa shape index (κ1) is 19.1. The summed E-state index contributed by atoms with van der Waals surface area (Å²) in [7, 11) is 0. The summed E-state index contributed by atoms with van der Waals surface area (Å²) in [6, 6.07) is 6.29. The topological polar surface area (TPSA) is 66.8 Å². The fourth-order valence-electron chi connectivity index (χ4n) is 3.10. The van der Waals surface area contributed by atoms with Crippen LogP contribution >= 0.6 is 0 Å². The molecule has 138 valence electrons. The van der Waals surface area contributed by atoms with Crippen LogP contribution in [0.3, 0.4) is 0 Å². The molecule has 1 unspecified atom stereocenters. The van der Waals surface area contributed by atoms with Gasteiger partial charge in [-0.05, 0) is 49.3 Å². The number of hydrogen-bond donors (Lipinski definition) is 1.